The third-order valence-electron chi connectivity index (χ3n) is 4.02. The van der Waals surface area contributed by atoms with Crippen LogP contribution in [0.1, 0.15) is 17.2 Å². The molecule has 1 aliphatic rings. The minimum atomic E-state index is 0.00494. The Balaban J connectivity index is 1.77. The van der Waals surface area contributed by atoms with Crippen molar-refractivity contribution in [1.29, 1.82) is 0 Å². The zero-order valence-electron chi connectivity index (χ0n) is 13.0. The number of thioether (sulfide) groups is 1. The lowest BCUT2D eigenvalue weighted by atomic mass is 10.0. The Morgan fingerprint density at radius 2 is 1.83 bits per heavy atom. The molecule has 0 radical (unpaired) electrons. The second-order valence-electron chi connectivity index (χ2n) is 5.46. The lowest BCUT2D eigenvalue weighted by Gasteiger charge is -2.24. The van der Waals surface area contributed by atoms with Gasteiger partial charge in [0, 0.05) is 15.6 Å². The van der Waals surface area contributed by atoms with Crippen LogP contribution in [0.4, 0.5) is 5.95 Å². The highest BCUT2D eigenvalue weighted by molar-refractivity contribution is 7.98. The van der Waals surface area contributed by atoms with Gasteiger partial charge in [-0.25, -0.2) is 4.68 Å². The van der Waals surface area contributed by atoms with Crippen molar-refractivity contribution < 1.29 is 0 Å². The molecule has 0 amide bonds. The fraction of sp³-hybridized carbons (Fsp3) is 0.111. The fourth-order valence-corrected chi connectivity index (χ4v) is 3.30. The van der Waals surface area contributed by atoms with Gasteiger partial charge >= 0.3 is 0 Å². The quantitative estimate of drug-likeness (QED) is 0.692. The smallest absolute Gasteiger partial charge is 0.226 e. The summed E-state index contributed by atoms with van der Waals surface area (Å²) in [4.78, 5) is 5.57. The molecule has 2 aromatic carbocycles. The lowest BCUT2D eigenvalue weighted by molar-refractivity contribution is 0.611. The van der Waals surface area contributed by atoms with Gasteiger partial charge in [-0.3, -0.25) is 0 Å². The number of nitrogens with one attached hydrogen (secondary N) is 1. The number of anilines is 1. The largest absolute Gasteiger partial charge is 0.324 e. The van der Waals surface area contributed by atoms with E-state index in [0.29, 0.717) is 0 Å². The van der Waals surface area contributed by atoms with E-state index in [1.54, 1.807) is 18.1 Å². The van der Waals surface area contributed by atoms with Crippen LogP contribution in [0.5, 0.6) is 0 Å². The maximum absolute atomic E-state index is 6.00. The van der Waals surface area contributed by atoms with Crippen LogP contribution in [0.25, 0.3) is 5.70 Å². The van der Waals surface area contributed by atoms with Gasteiger partial charge in [0.1, 0.15) is 12.4 Å². The molecule has 1 aromatic heterocycles. The van der Waals surface area contributed by atoms with Gasteiger partial charge in [-0.1, -0.05) is 35.9 Å². The summed E-state index contributed by atoms with van der Waals surface area (Å²) in [6.45, 7) is 0. The van der Waals surface area contributed by atoms with E-state index in [1.807, 2.05) is 28.9 Å². The first kappa shape index (κ1) is 15.3. The third-order valence-corrected chi connectivity index (χ3v) is 5.02. The third kappa shape index (κ3) is 2.81. The molecule has 4 nitrogen and oxygen atoms in total. The Hall–Kier alpha value is -2.24. The van der Waals surface area contributed by atoms with Gasteiger partial charge in [0.2, 0.25) is 5.95 Å². The molecule has 0 aliphatic carbocycles. The molecule has 1 aliphatic heterocycles. The minimum Gasteiger partial charge on any atom is -0.324 e. The van der Waals surface area contributed by atoms with Gasteiger partial charge in [0.05, 0.1) is 0 Å². The first-order valence-corrected chi connectivity index (χ1v) is 9.13. The number of rotatable bonds is 3. The maximum Gasteiger partial charge on any atom is 0.226 e. The molecule has 0 bridgehead atoms. The zero-order valence-corrected chi connectivity index (χ0v) is 14.6. The van der Waals surface area contributed by atoms with Gasteiger partial charge in [-0.05, 0) is 47.7 Å². The molecule has 24 heavy (non-hydrogen) atoms. The second kappa shape index (κ2) is 6.34. The van der Waals surface area contributed by atoms with Crippen LogP contribution in [0.3, 0.4) is 0 Å². The molecule has 6 heteroatoms. The van der Waals surface area contributed by atoms with Gasteiger partial charge in [0.15, 0.2) is 0 Å². The van der Waals surface area contributed by atoms with Crippen LogP contribution in [0.15, 0.2) is 65.8 Å². The number of aromatic nitrogens is 3. The van der Waals surface area contributed by atoms with E-state index in [1.165, 1.54) is 10.5 Å². The highest BCUT2D eigenvalue weighted by Crippen LogP contribution is 2.32. The summed E-state index contributed by atoms with van der Waals surface area (Å²) in [7, 11) is 0. The molecule has 2 heterocycles. The van der Waals surface area contributed by atoms with Gasteiger partial charge < -0.3 is 5.32 Å². The van der Waals surface area contributed by atoms with Crippen molar-refractivity contribution in [3.63, 3.8) is 0 Å². The Morgan fingerprint density at radius 1 is 1.08 bits per heavy atom. The molecule has 120 valence electrons. The van der Waals surface area contributed by atoms with Crippen LogP contribution < -0.4 is 5.32 Å². The van der Waals surface area contributed by atoms with E-state index in [-0.39, 0.29) is 6.04 Å². The molecule has 1 N–H and O–H groups in total. The Kier molecular flexibility index (Phi) is 4.04. The molecule has 1 atom stereocenters. The predicted molar refractivity (Wildman–Crippen MR) is 99.4 cm³/mol. The molecule has 0 saturated carbocycles. The summed E-state index contributed by atoms with van der Waals surface area (Å²) in [5.74, 6) is 0.737. The van der Waals surface area contributed by atoms with Gasteiger partial charge in [-0.2, -0.15) is 10.1 Å². The van der Waals surface area contributed by atoms with Gasteiger partial charge in [0.25, 0.3) is 0 Å². The van der Waals surface area contributed by atoms with Crippen LogP contribution in [-0.4, -0.2) is 21.0 Å². The monoisotopic (exact) mass is 354 g/mol. The lowest BCUT2D eigenvalue weighted by Crippen LogP contribution is -2.20. The van der Waals surface area contributed by atoms with Crippen LogP contribution >= 0.6 is 23.4 Å². The van der Waals surface area contributed by atoms with Crippen molar-refractivity contribution in [3.05, 3.63) is 77.1 Å². The summed E-state index contributed by atoms with van der Waals surface area (Å²) in [6.07, 6.45) is 5.82. The van der Waals surface area contributed by atoms with E-state index in [4.69, 9.17) is 11.6 Å². The van der Waals surface area contributed by atoms with Crippen molar-refractivity contribution in [2.75, 3.05) is 11.6 Å². The van der Waals surface area contributed by atoms with E-state index in [2.05, 4.69) is 52.0 Å². The summed E-state index contributed by atoms with van der Waals surface area (Å²) < 4.78 is 1.90. The van der Waals surface area contributed by atoms with E-state index in [9.17, 15) is 0 Å². The summed E-state index contributed by atoms with van der Waals surface area (Å²) >= 11 is 7.73. The maximum atomic E-state index is 6.00. The van der Waals surface area contributed by atoms with Crippen molar-refractivity contribution >= 4 is 35.0 Å². The summed E-state index contributed by atoms with van der Waals surface area (Å²) in [6, 6.07) is 16.3. The van der Waals surface area contributed by atoms with Crippen molar-refractivity contribution in [2.24, 2.45) is 0 Å². The average molecular weight is 355 g/mol. The standard InChI is InChI=1S/C18H15ClN4S/c1-24-15-8-4-13(5-9-15)17-10-16(12-2-6-14(19)7-3-12)22-18-20-11-21-23(17)18/h2-11,17H,1H3,(H,20,21,22). The second-order valence-corrected chi connectivity index (χ2v) is 6.77. The molecule has 4 rings (SSSR count). The van der Waals surface area contributed by atoms with Gasteiger partial charge in [-0.15, -0.1) is 11.8 Å². The average Bonchev–Trinajstić information content (AvgIpc) is 3.10. The zero-order chi connectivity index (χ0) is 16.5. The van der Waals surface area contributed by atoms with Crippen molar-refractivity contribution in [2.45, 2.75) is 10.9 Å². The number of allylic oxidation sites excluding steroid dienone is 1. The topological polar surface area (TPSA) is 42.7 Å². The minimum absolute atomic E-state index is 0.00494. The predicted octanol–water partition coefficient (Wildman–Crippen LogP) is 4.71. The number of fused-ring (bicyclic) bond motifs is 1. The fourth-order valence-electron chi connectivity index (χ4n) is 2.77. The van der Waals surface area contributed by atoms with Crippen LogP contribution in [0.2, 0.25) is 5.02 Å². The number of hydrogen-bond donors (Lipinski definition) is 1. The Labute approximate surface area is 149 Å². The number of benzene rings is 2. The first-order chi connectivity index (χ1) is 11.7. The molecule has 0 saturated heterocycles. The number of hydrogen-bond acceptors (Lipinski definition) is 4. The Morgan fingerprint density at radius 3 is 2.54 bits per heavy atom. The molecular formula is C18H15ClN4S. The van der Waals surface area contributed by atoms with E-state index >= 15 is 0 Å². The molecule has 1 unspecified atom stereocenters. The SMILES string of the molecule is CSc1ccc(C2C=C(c3ccc(Cl)cc3)Nc3ncnn32)cc1. The molecule has 3 aromatic rings. The van der Waals surface area contributed by atoms with Crippen molar-refractivity contribution in [1.82, 2.24) is 14.8 Å². The van der Waals surface area contributed by atoms with Crippen LogP contribution in [0, 0.1) is 0 Å². The Bertz CT molecular complexity index is 884. The first-order valence-electron chi connectivity index (χ1n) is 7.53. The molecule has 0 spiro atoms. The van der Waals surface area contributed by atoms with Crippen LogP contribution in [-0.2, 0) is 0 Å². The highest BCUT2D eigenvalue weighted by atomic mass is 35.5. The normalized spacial score (nSPS) is 16.2. The summed E-state index contributed by atoms with van der Waals surface area (Å²) in [5, 5.41) is 8.43. The number of halogens is 1. The van der Waals surface area contributed by atoms with E-state index < -0.39 is 0 Å². The highest BCUT2D eigenvalue weighted by Gasteiger charge is 2.23. The van der Waals surface area contributed by atoms with E-state index in [0.717, 1.165) is 22.2 Å². The molecule has 0 fully saturated rings. The summed E-state index contributed by atoms with van der Waals surface area (Å²) in [5.41, 5.74) is 3.25. The van der Waals surface area contributed by atoms with Crippen molar-refractivity contribution in [3.8, 4) is 0 Å². The molecular weight excluding hydrogens is 340 g/mol. The number of nitrogens with zero attached hydrogens (tertiary/aromatic N) is 3.